The Morgan fingerprint density at radius 1 is 1.29 bits per heavy atom. The second kappa shape index (κ2) is 6.76. The van der Waals surface area contributed by atoms with Gasteiger partial charge in [-0.05, 0) is 12.5 Å². The summed E-state index contributed by atoms with van der Waals surface area (Å²) in [4.78, 5) is 4.50. The lowest BCUT2D eigenvalue weighted by atomic mass is 9.96. The fraction of sp³-hybridized carbons (Fsp3) is 0.471. The number of imidazole rings is 1. The van der Waals surface area contributed by atoms with E-state index in [1.165, 1.54) is 0 Å². The highest BCUT2D eigenvalue weighted by Crippen LogP contribution is 2.32. The molecule has 114 valence electrons. The molecule has 2 rings (SSSR count). The molecule has 4 heteroatoms. The van der Waals surface area contributed by atoms with E-state index in [-0.39, 0.29) is 12.1 Å². The van der Waals surface area contributed by atoms with Crippen LogP contribution in [-0.4, -0.2) is 22.7 Å². The summed E-state index contributed by atoms with van der Waals surface area (Å²) in [7, 11) is 1.70. The highest BCUT2D eigenvalue weighted by Gasteiger charge is 2.26. The third kappa shape index (κ3) is 3.10. The zero-order chi connectivity index (χ0) is 15.4. The quantitative estimate of drug-likeness (QED) is 0.886. The van der Waals surface area contributed by atoms with E-state index in [1.54, 1.807) is 7.11 Å². The minimum atomic E-state index is 0.00741. The molecule has 1 aromatic heterocycles. The molecule has 0 radical (unpaired) electrons. The number of aromatic nitrogens is 2. The van der Waals surface area contributed by atoms with E-state index in [2.05, 4.69) is 36.4 Å². The molecule has 0 aliphatic heterocycles. The Morgan fingerprint density at radius 2 is 2.00 bits per heavy atom. The normalized spacial score (nSPS) is 14.2. The van der Waals surface area contributed by atoms with Crippen LogP contribution in [0.5, 0.6) is 5.75 Å². The largest absolute Gasteiger partial charge is 0.496 e. The summed E-state index contributed by atoms with van der Waals surface area (Å²) in [5.74, 6) is 2.27. The Labute approximate surface area is 127 Å². The summed E-state index contributed by atoms with van der Waals surface area (Å²) >= 11 is 0. The Balaban J connectivity index is 2.56. The van der Waals surface area contributed by atoms with Gasteiger partial charge in [-0.25, -0.2) is 4.98 Å². The minimum absolute atomic E-state index is 0.00741. The van der Waals surface area contributed by atoms with Gasteiger partial charge in [-0.15, -0.1) is 0 Å². The lowest BCUT2D eigenvalue weighted by Crippen LogP contribution is -2.33. The van der Waals surface area contributed by atoms with Crippen molar-refractivity contribution in [3.8, 4) is 5.75 Å². The van der Waals surface area contributed by atoms with Crippen LogP contribution in [0.4, 0.5) is 0 Å². The molecular formula is C17H25N3O. The summed E-state index contributed by atoms with van der Waals surface area (Å²) in [5.41, 5.74) is 7.53. The van der Waals surface area contributed by atoms with Crippen LogP contribution in [0.25, 0.3) is 0 Å². The van der Waals surface area contributed by atoms with Crippen molar-refractivity contribution in [1.82, 2.24) is 9.55 Å². The zero-order valence-corrected chi connectivity index (χ0v) is 13.3. The maximum atomic E-state index is 6.43. The maximum absolute atomic E-state index is 6.43. The van der Waals surface area contributed by atoms with Gasteiger partial charge < -0.3 is 15.0 Å². The van der Waals surface area contributed by atoms with Crippen molar-refractivity contribution in [2.24, 2.45) is 5.73 Å². The van der Waals surface area contributed by atoms with Gasteiger partial charge in [0.2, 0.25) is 0 Å². The van der Waals surface area contributed by atoms with Crippen LogP contribution < -0.4 is 10.5 Å². The predicted molar refractivity (Wildman–Crippen MR) is 85.7 cm³/mol. The molecular weight excluding hydrogens is 262 g/mol. The fourth-order valence-electron chi connectivity index (χ4n) is 2.73. The molecule has 0 saturated heterocycles. The summed E-state index contributed by atoms with van der Waals surface area (Å²) in [6, 6.07) is 8.12. The minimum Gasteiger partial charge on any atom is -0.496 e. The van der Waals surface area contributed by atoms with E-state index in [1.807, 2.05) is 30.6 Å². The lowest BCUT2D eigenvalue weighted by molar-refractivity contribution is 0.382. The van der Waals surface area contributed by atoms with Crippen molar-refractivity contribution in [2.75, 3.05) is 7.11 Å². The fourth-order valence-corrected chi connectivity index (χ4v) is 2.73. The van der Waals surface area contributed by atoms with Crippen molar-refractivity contribution >= 4 is 0 Å². The average molecular weight is 287 g/mol. The van der Waals surface area contributed by atoms with Crippen molar-refractivity contribution in [2.45, 2.75) is 45.2 Å². The first-order valence-electron chi connectivity index (χ1n) is 7.51. The Morgan fingerprint density at radius 3 is 2.62 bits per heavy atom. The molecule has 0 aliphatic carbocycles. The number of nitrogens with zero attached hydrogens (tertiary/aromatic N) is 2. The molecule has 2 unspecified atom stereocenters. The second-order valence-electron chi connectivity index (χ2n) is 5.61. The maximum Gasteiger partial charge on any atom is 0.124 e. The van der Waals surface area contributed by atoms with Crippen LogP contribution in [0.2, 0.25) is 0 Å². The number of para-hydroxylation sites is 1. The summed E-state index contributed by atoms with van der Waals surface area (Å²) in [5, 5.41) is 0. The van der Waals surface area contributed by atoms with Gasteiger partial charge >= 0.3 is 0 Å². The first-order valence-corrected chi connectivity index (χ1v) is 7.51. The number of benzene rings is 1. The lowest BCUT2D eigenvalue weighted by Gasteiger charge is -2.28. The molecule has 0 saturated carbocycles. The molecule has 0 amide bonds. The molecule has 0 aliphatic rings. The number of rotatable bonds is 6. The van der Waals surface area contributed by atoms with Gasteiger partial charge in [0.05, 0.1) is 13.2 Å². The molecule has 2 atom stereocenters. The van der Waals surface area contributed by atoms with Gasteiger partial charge in [0.25, 0.3) is 0 Å². The molecule has 2 aromatic rings. The van der Waals surface area contributed by atoms with E-state index >= 15 is 0 Å². The van der Waals surface area contributed by atoms with Crippen molar-refractivity contribution in [1.29, 1.82) is 0 Å². The molecule has 0 bridgehead atoms. The van der Waals surface area contributed by atoms with Gasteiger partial charge in [0.15, 0.2) is 0 Å². The summed E-state index contributed by atoms with van der Waals surface area (Å²) in [6.07, 6.45) is 4.75. The van der Waals surface area contributed by atoms with E-state index in [0.717, 1.165) is 23.6 Å². The molecule has 1 aromatic carbocycles. The second-order valence-corrected chi connectivity index (χ2v) is 5.61. The SMILES string of the molecule is CCC(N)C(c1ccccc1OC)n1ccnc1C(C)C. The van der Waals surface area contributed by atoms with E-state index in [9.17, 15) is 0 Å². The summed E-state index contributed by atoms with van der Waals surface area (Å²) < 4.78 is 7.72. The first kappa shape index (κ1) is 15.6. The Kier molecular flexibility index (Phi) is 5.02. The van der Waals surface area contributed by atoms with Gasteiger partial charge in [0.1, 0.15) is 11.6 Å². The molecule has 21 heavy (non-hydrogen) atoms. The molecule has 2 N–H and O–H groups in total. The van der Waals surface area contributed by atoms with Gasteiger partial charge in [-0.3, -0.25) is 0 Å². The van der Waals surface area contributed by atoms with Crippen molar-refractivity contribution in [3.63, 3.8) is 0 Å². The standard InChI is InChI=1S/C17H25N3O/c1-5-14(18)16(13-8-6-7-9-15(13)21-4)20-11-10-19-17(20)12(2)3/h6-12,14,16H,5,18H2,1-4H3. The number of methoxy groups -OCH3 is 1. The zero-order valence-electron chi connectivity index (χ0n) is 13.3. The number of ether oxygens (including phenoxy) is 1. The van der Waals surface area contributed by atoms with E-state index in [0.29, 0.717) is 5.92 Å². The third-order valence-electron chi connectivity index (χ3n) is 3.85. The topological polar surface area (TPSA) is 53.1 Å². The predicted octanol–water partition coefficient (Wildman–Crippen LogP) is 3.34. The van der Waals surface area contributed by atoms with Crippen molar-refractivity contribution < 1.29 is 4.74 Å². The van der Waals surface area contributed by atoms with Crippen molar-refractivity contribution in [3.05, 3.63) is 48.0 Å². The first-order chi connectivity index (χ1) is 10.1. The van der Waals surface area contributed by atoms with E-state index < -0.39 is 0 Å². The Bertz CT molecular complexity index is 577. The Hall–Kier alpha value is -1.81. The molecule has 0 spiro atoms. The number of hydrogen-bond acceptors (Lipinski definition) is 3. The van der Waals surface area contributed by atoms with Crippen LogP contribution >= 0.6 is 0 Å². The average Bonchev–Trinajstić information content (AvgIpc) is 2.97. The molecule has 4 nitrogen and oxygen atoms in total. The number of nitrogens with two attached hydrogens (primary N) is 1. The highest BCUT2D eigenvalue weighted by molar-refractivity contribution is 5.37. The van der Waals surface area contributed by atoms with Gasteiger partial charge in [-0.2, -0.15) is 0 Å². The van der Waals surface area contributed by atoms with Crippen LogP contribution in [0, 0.1) is 0 Å². The highest BCUT2D eigenvalue weighted by atomic mass is 16.5. The molecule has 1 heterocycles. The third-order valence-corrected chi connectivity index (χ3v) is 3.85. The monoisotopic (exact) mass is 287 g/mol. The van der Waals surface area contributed by atoms with Gasteiger partial charge in [-0.1, -0.05) is 39.0 Å². The van der Waals surface area contributed by atoms with Crippen LogP contribution in [0.15, 0.2) is 36.7 Å². The van der Waals surface area contributed by atoms with Crippen LogP contribution in [0.1, 0.15) is 50.5 Å². The smallest absolute Gasteiger partial charge is 0.124 e. The molecule has 0 fully saturated rings. The van der Waals surface area contributed by atoms with Crippen LogP contribution in [-0.2, 0) is 0 Å². The number of hydrogen-bond donors (Lipinski definition) is 1. The summed E-state index contributed by atoms with van der Waals surface area (Å²) in [6.45, 7) is 6.41. The van der Waals surface area contributed by atoms with Crippen LogP contribution in [0.3, 0.4) is 0 Å². The van der Waals surface area contributed by atoms with E-state index in [4.69, 9.17) is 10.5 Å². The van der Waals surface area contributed by atoms with Gasteiger partial charge in [0, 0.05) is 29.9 Å².